The third-order valence-corrected chi connectivity index (χ3v) is 4.75. The Balaban J connectivity index is 0.000000211. The molecule has 4 atom stereocenters. The third-order valence-electron chi connectivity index (χ3n) is 4.75. The Kier molecular flexibility index (Phi) is 8.13. The van der Waals surface area contributed by atoms with E-state index in [1.54, 1.807) is 6.92 Å². The summed E-state index contributed by atoms with van der Waals surface area (Å²) in [7, 11) is 0. The van der Waals surface area contributed by atoms with Gasteiger partial charge in [-0.05, 0) is 52.7 Å². The molecule has 0 saturated carbocycles. The fourth-order valence-corrected chi connectivity index (χ4v) is 2.83. The summed E-state index contributed by atoms with van der Waals surface area (Å²) in [5, 5.41) is 31.0. The van der Waals surface area contributed by atoms with Crippen LogP contribution in [0.25, 0.3) is 0 Å². The highest BCUT2D eigenvalue weighted by molar-refractivity contribution is 4.99. The molecule has 0 radical (unpaired) electrons. The average molecular weight is 302 g/mol. The maximum Gasteiger partial charge on any atom is 0.111 e. The van der Waals surface area contributed by atoms with Gasteiger partial charge in [0.1, 0.15) is 11.7 Å². The molecule has 5 heteroatoms. The van der Waals surface area contributed by atoms with E-state index in [4.69, 9.17) is 5.11 Å². The summed E-state index contributed by atoms with van der Waals surface area (Å²) in [4.78, 5) is 2.60. The Bertz CT molecular complexity index is 281. The van der Waals surface area contributed by atoms with Crippen molar-refractivity contribution in [3.8, 4) is 0 Å². The van der Waals surface area contributed by atoms with Gasteiger partial charge in [-0.15, -0.1) is 0 Å². The molecule has 0 aromatic heterocycles. The number of hydrogen-bond donors (Lipinski definition) is 4. The zero-order valence-electron chi connectivity index (χ0n) is 13.9. The lowest BCUT2D eigenvalue weighted by Gasteiger charge is -2.42. The summed E-state index contributed by atoms with van der Waals surface area (Å²) in [6.45, 7) is 9.95. The molecule has 2 fully saturated rings. The van der Waals surface area contributed by atoms with Crippen LogP contribution in [0.4, 0.5) is 0 Å². The van der Waals surface area contributed by atoms with Gasteiger partial charge in [-0.1, -0.05) is 19.8 Å². The lowest BCUT2D eigenvalue weighted by atomic mass is 9.84. The molecule has 2 rings (SSSR count). The molecule has 4 unspecified atom stereocenters. The van der Waals surface area contributed by atoms with Crippen molar-refractivity contribution in [2.75, 3.05) is 26.2 Å². The first kappa shape index (κ1) is 18.8. The van der Waals surface area contributed by atoms with Crippen molar-refractivity contribution >= 4 is 0 Å². The van der Waals surface area contributed by atoms with Gasteiger partial charge < -0.3 is 25.5 Å². The Morgan fingerprint density at radius 1 is 1.19 bits per heavy atom. The summed E-state index contributed by atoms with van der Waals surface area (Å²) in [6, 6.07) is -0.194. The molecule has 0 spiro atoms. The number of rotatable bonds is 3. The Morgan fingerprint density at radius 3 is 2.33 bits per heavy atom. The molecule has 0 aromatic carbocycles. The van der Waals surface area contributed by atoms with Crippen molar-refractivity contribution in [3.63, 3.8) is 0 Å². The molecule has 0 bridgehead atoms. The monoisotopic (exact) mass is 302 g/mol. The number of nitrogens with zero attached hydrogens (tertiary/aromatic N) is 1. The molecular formula is C16H34N2O3. The van der Waals surface area contributed by atoms with Crippen LogP contribution in [0.5, 0.6) is 0 Å². The summed E-state index contributed by atoms with van der Waals surface area (Å²) >= 11 is 0. The van der Waals surface area contributed by atoms with Gasteiger partial charge in [0, 0.05) is 12.6 Å². The van der Waals surface area contributed by atoms with E-state index in [9.17, 15) is 10.2 Å². The molecule has 0 amide bonds. The summed E-state index contributed by atoms with van der Waals surface area (Å²) in [5.41, 5.74) is -1.24. The highest BCUT2D eigenvalue weighted by Crippen LogP contribution is 2.21. The van der Waals surface area contributed by atoms with E-state index in [1.165, 1.54) is 58.7 Å². The number of aliphatic hydroxyl groups is 3. The van der Waals surface area contributed by atoms with Crippen LogP contribution in [0.15, 0.2) is 0 Å². The number of nitrogens with one attached hydrogen (secondary N) is 1. The molecule has 4 N–H and O–H groups in total. The predicted molar refractivity (Wildman–Crippen MR) is 85.3 cm³/mol. The quantitative estimate of drug-likeness (QED) is 0.618. The van der Waals surface area contributed by atoms with Crippen molar-refractivity contribution in [2.45, 2.75) is 76.7 Å². The molecule has 5 nitrogen and oxygen atoms in total. The second-order valence-corrected chi connectivity index (χ2v) is 6.62. The maximum absolute atomic E-state index is 9.61. The van der Waals surface area contributed by atoms with Gasteiger partial charge >= 0.3 is 0 Å². The lowest BCUT2D eigenvalue weighted by molar-refractivity contribution is -0.149. The average Bonchev–Trinajstić information content (AvgIpc) is 2.49. The van der Waals surface area contributed by atoms with Crippen LogP contribution in [0, 0.1) is 0 Å². The van der Waals surface area contributed by atoms with Crippen molar-refractivity contribution in [1.29, 1.82) is 0 Å². The largest absolute Gasteiger partial charge is 0.389 e. The second kappa shape index (κ2) is 9.06. The van der Waals surface area contributed by atoms with Crippen LogP contribution >= 0.6 is 0 Å². The zero-order chi connectivity index (χ0) is 15.9. The first-order valence-electron chi connectivity index (χ1n) is 8.43. The van der Waals surface area contributed by atoms with Crippen LogP contribution in [0.2, 0.25) is 0 Å². The van der Waals surface area contributed by atoms with E-state index < -0.39 is 17.8 Å². The van der Waals surface area contributed by atoms with E-state index >= 15 is 0 Å². The molecule has 126 valence electrons. The smallest absolute Gasteiger partial charge is 0.111 e. The number of unbranched alkanes of at least 4 members (excludes halogenated alkanes) is 1. The van der Waals surface area contributed by atoms with Gasteiger partial charge in [0.25, 0.3) is 0 Å². The van der Waals surface area contributed by atoms with E-state index in [0.717, 1.165) is 0 Å². The summed E-state index contributed by atoms with van der Waals surface area (Å²) in [5.74, 6) is 0. The minimum Gasteiger partial charge on any atom is -0.389 e. The minimum atomic E-state index is -1.24. The Hall–Kier alpha value is -0.200. The topological polar surface area (TPSA) is 76.0 Å². The van der Waals surface area contributed by atoms with Crippen LogP contribution in [0.1, 0.15) is 52.9 Å². The summed E-state index contributed by atoms with van der Waals surface area (Å²) in [6.07, 6.45) is 5.13. The molecule has 2 saturated heterocycles. The van der Waals surface area contributed by atoms with Gasteiger partial charge in [-0.2, -0.15) is 0 Å². The van der Waals surface area contributed by atoms with Crippen molar-refractivity contribution < 1.29 is 15.3 Å². The van der Waals surface area contributed by atoms with Gasteiger partial charge in [0.05, 0.1) is 6.10 Å². The van der Waals surface area contributed by atoms with Gasteiger partial charge in [0.2, 0.25) is 0 Å². The normalized spacial score (nSPS) is 37.7. The lowest BCUT2D eigenvalue weighted by Crippen LogP contribution is -2.65. The standard InChI is InChI=1S/C9H19N.C7H15NO3/c1-2-3-7-10-8-5-4-6-9-10;1-4-7(2,11)6(10)5(9)3-8-4/h2-9H2,1H3;4-6,8-11H,3H2,1-2H3. The van der Waals surface area contributed by atoms with E-state index in [1.807, 2.05) is 0 Å². The number of likely N-dealkylation sites (tertiary alicyclic amines) is 1. The number of hydrogen-bond acceptors (Lipinski definition) is 5. The number of β-amino-alcohol motifs (C(OH)–C–C–N with tert-alkyl or cyclic N) is 1. The fourth-order valence-electron chi connectivity index (χ4n) is 2.83. The molecule has 21 heavy (non-hydrogen) atoms. The zero-order valence-corrected chi connectivity index (χ0v) is 13.9. The van der Waals surface area contributed by atoms with E-state index in [-0.39, 0.29) is 6.04 Å². The predicted octanol–water partition coefficient (Wildman–Crippen LogP) is 0.723. The van der Waals surface area contributed by atoms with Gasteiger partial charge in [-0.25, -0.2) is 0 Å². The highest BCUT2D eigenvalue weighted by atomic mass is 16.4. The first-order chi connectivity index (χ1) is 9.89. The maximum atomic E-state index is 9.61. The number of aliphatic hydroxyl groups excluding tert-OH is 2. The molecule has 2 aliphatic rings. The second-order valence-electron chi connectivity index (χ2n) is 6.62. The molecular weight excluding hydrogens is 268 g/mol. The van der Waals surface area contributed by atoms with Crippen molar-refractivity contribution in [3.05, 3.63) is 0 Å². The molecule has 0 aromatic rings. The van der Waals surface area contributed by atoms with Crippen LogP contribution < -0.4 is 5.32 Å². The fraction of sp³-hybridized carbons (Fsp3) is 1.00. The Labute approximate surface area is 129 Å². The van der Waals surface area contributed by atoms with Crippen LogP contribution in [0.3, 0.4) is 0 Å². The highest BCUT2D eigenvalue weighted by Gasteiger charge is 2.43. The van der Waals surface area contributed by atoms with Gasteiger partial charge in [-0.3, -0.25) is 0 Å². The molecule has 0 aliphatic carbocycles. The molecule has 2 aliphatic heterocycles. The van der Waals surface area contributed by atoms with Gasteiger partial charge in [0.15, 0.2) is 0 Å². The van der Waals surface area contributed by atoms with E-state index in [2.05, 4.69) is 17.1 Å². The Morgan fingerprint density at radius 2 is 1.81 bits per heavy atom. The first-order valence-corrected chi connectivity index (χ1v) is 8.43. The summed E-state index contributed by atoms with van der Waals surface area (Å²) < 4.78 is 0. The third kappa shape index (κ3) is 5.83. The van der Waals surface area contributed by atoms with E-state index in [0.29, 0.717) is 6.54 Å². The van der Waals surface area contributed by atoms with Crippen molar-refractivity contribution in [1.82, 2.24) is 10.2 Å². The van der Waals surface area contributed by atoms with Crippen LogP contribution in [-0.2, 0) is 0 Å². The minimum absolute atomic E-state index is 0.194. The van der Waals surface area contributed by atoms with Crippen molar-refractivity contribution in [2.24, 2.45) is 0 Å². The molecule has 2 heterocycles. The number of piperidine rings is 2. The SMILES string of the molecule is CC1NCC(O)C(O)C1(C)O.CCCCN1CCCCC1. The van der Waals surface area contributed by atoms with Crippen LogP contribution in [-0.4, -0.2) is 70.2 Å².